The fourth-order valence-corrected chi connectivity index (χ4v) is 9.78. The van der Waals surface area contributed by atoms with Crippen LogP contribution in [-0.2, 0) is 39.4 Å². The van der Waals surface area contributed by atoms with Crippen LogP contribution in [0.25, 0.3) is 0 Å². The number of nitrogens with zero attached hydrogens (tertiary/aromatic N) is 5. The largest absolute Gasteiger partial charge is 0.447 e. The van der Waals surface area contributed by atoms with Gasteiger partial charge in [0.25, 0.3) is 5.91 Å². The summed E-state index contributed by atoms with van der Waals surface area (Å²) in [6.45, 7) is 7.44. The van der Waals surface area contributed by atoms with Gasteiger partial charge in [0.05, 0.1) is 30.6 Å². The van der Waals surface area contributed by atoms with Crippen LogP contribution in [0.15, 0.2) is 48.7 Å². The number of halogens is 1. The van der Waals surface area contributed by atoms with Gasteiger partial charge < -0.3 is 24.3 Å². The highest BCUT2D eigenvalue weighted by Gasteiger charge is 2.66. The molecule has 0 saturated carbocycles. The first-order valence-electron chi connectivity index (χ1n) is 14.6. The number of benzene rings is 2. The summed E-state index contributed by atoms with van der Waals surface area (Å²) in [5.74, 6) is -0.496. The van der Waals surface area contributed by atoms with E-state index in [1.807, 2.05) is 56.4 Å². The lowest BCUT2D eigenvalue weighted by Gasteiger charge is -2.32. The first-order valence-corrected chi connectivity index (χ1v) is 18.0. The van der Waals surface area contributed by atoms with Crippen molar-refractivity contribution >= 4 is 43.3 Å². The topological polar surface area (TPSA) is 130 Å². The van der Waals surface area contributed by atoms with E-state index in [-0.39, 0.29) is 30.1 Å². The molecule has 4 heterocycles. The van der Waals surface area contributed by atoms with E-state index in [2.05, 4.69) is 10.3 Å². The molecule has 1 aromatic heterocycles. The lowest BCUT2D eigenvalue weighted by atomic mass is 9.82. The SMILES string of the molecule is C[C@H]1[C@H]([Si](C)(C)O)[C@@H](CCn2cc(CCO)nn2)O[C@]12C(=O)N(Cc1ccc(N3CCOC3=O)cc1)c1ccc(Cl)cc12. The summed E-state index contributed by atoms with van der Waals surface area (Å²) in [6.07, 6.45) is 1.99. The summed E-state index contributed by atoms with van der Waals surface area (Å²) in [7, 11) is -2.82. The van der Waals surface area contributed by atoms with E-state index in [1.165, 1.54) is 0 Å². The summed E-state index contributed by atoms with van der Waals surface area (Å²) in [5, 5.41) is 18.0. The Bertz CT molecular complexity index is 1530. The Kier molecular flexibility index (Phi) is 7.84. The number of carbonyl (C=O) groups excluding carboxylic acids is 2. The number of aromatic nitrogens is 3. The third-order valence-electron chi connectivity index (χ3n) is 8.89. The molecule has 3 aliphatic rings. The van der Waals surface area contributed by atoms with Gasteiger partial charge in [0.1, 0.15) is 6.61 Å². The van der Waals surface area contributed by atoms with Gasteiger partial charge in [-0.3, -0.25) is 14.4 Å². The van der Waals surface area contributed by atoms with E-state index in [0.29, 0.717) is 55.4 Å². The van der Waals surface area contributed by atoms with E-state index >= 15 is 0 Å². The maximum absolute atomic E-state index is 14.6. The number of rotatable bonds is 9. The number of hydrogen-bond donors (Lipinski definition) is 2. The second-order valence-electron chi connectivity index (χ2n) is 12.1. The fraction of sp³-hybridized carbons (Fsp3) is 0.467. The standard InChI is InChI=1S/C30H36ClN5O6Si/c1-19-27(43(2,3)40)26(10-12-34-18-22(11-14-37)32-33-34)42-30(19)24-16-21(31)6-9-25(24)36(28(30)38)17-20-4-7-23(8-5-20)35-13-15-41-29(35)39/h4-9,16,18-19,26-27,37,40H,10-15,17H2,1-3H3/t19-,26+,27-,30+/m0/s1. The van der Waals surface area contributed by atoms with Gasteiger partial charge in [-0.1, -0.05) is 35.9 Å². The molecule has 13 heteroatoms. The van der Waals surface area contributed by atoms with Crippen molar-refractivity contribution in [2.24, 2.45) is 5.92 Å². The highest BCUT2D eigenvalue weighted by molar-refractivity contribution is 6.71. The highest BCUT2D eigenvalue weighted by Crippen LogP contribution is 2.60. The summed E-state index contributed by atoms with van der Waals surface area (Å²) < 4.78 is 13.6. The molecule has 0 radical (unpaired) electrons. The van der Waals surface area contributed by atoms with Crippen LogP contribution in [0.2, 0.25) is 23.7 Å². The highest BCUT2D eigenvalue weighted by atomic mass is 35.5. The zero-order chi connectivity index (χ0) is 30.5. The van der Waals surface area contributed by atoms with Gasteiger partial charge in [-0.25, -0.2) is 4.79 Å². The molecule has 2 amide bonds. The van der Waals surface area contributed by atoms with Gasteiger partial charge in [0.2, 0.25) is 0 Å². The number of carbonyl (C=O) groups is 2. The maximum atomic E-state index is 14.6. The van der Waals surface area contributed by atoms with Crippen LogP contribution < -0.4 is 9.80 Å². The number of anilines is 2. The molecule has 43 heavy (non-hydrogen) atoms. The zero-order valence-electron chi connectivity index (χ0n) is 24.4. The van der Waals surface area contributed by atoms with Gasteiger partial charge in [0, 0.05) is 53.5 Å². The van der Waals surface area contributed by atoms with Gasteiger partial charge in [-0.2, -0.15) is 0 Å². The van der Waals surface area contributed by atoms with Crippen molar-refractivity contribution in [1.29, 1.82) is 0 Å². The normalized spacial score (nSPS) is 25.2. The van der Waals surface area contributed by atoms with Crippen LogP contribution in [0, 0.1) is 5.92 Å². The van der Waals surface area contributed by atoms with E-state index in [1.54, 1.807) is 26.7 Å². The van der Waals surface area contributed by atoms with Crippen LogP contribution in [0.1, 0.15) is 30.2 Å². The molecule has 0 aliphatic carbocycles. The summed E-state index contributed by atoms with van der Waals surface area (Å²) in [5.41, 5.74) is 2.25. The number of aliphatic hydroxyl groups excluding tert-OH is 1. The lowest BCUT2D eigenvalue weighted by molar-refractivity contribution is -0.146. The fourth-order valence-electron chi connectivity index (χ4n) is 7.00. The average molecular weight is 626 g/mol. The molecule has 2 N–H and O–H groups in total. The quantitative estimate of drug-likeness (QED) is 0.343. The maximum Gasteiger partial charge on any atom is 0.414 e. The molecule has 3 aliphatic heterocycles. The molecule has 0 unspecified atom stereocenters. The van der Waals surface area contributed by atoms with E-state index in [4.69, 9.17) is 21.1 Å². The average Bonchev–Trinajstić information content (AvgIpc) is 3.71. The van der Waals surface area contributed by atoms with Crippen LogP contribution in [0.3, 0.4) is 0 Å². The molecule has 6 rings (SSSR count). The van der Waals surface area contributed by atoms with Crippen LogP contribution >= 0.6 is 11.6 Å². The molecule has 2 fully saturated rings. The molecule has 2 aromatic carbocycles. The van der Waals surface area contributed by atoms with Crippen LogP contribution in [0.5, 0.6) is 0 Å². The minimum atomic E-state index is -2.82. The molecular formula is C30H36ClN5O6Si. The Morgan fingerprint density at radius 1 is 1.16 bits per heavy atom. The van der Waals surface area contributed by atoms with Crippen molar-refractivity contribution in [3.8, 4) is 0 Å². The van der Waals surface area contributed by atoms with Crippen LogP contribution in [-0.4, -0.2) is 71.1 Å². The number of ether oxygens (including phenoxy) is 2. The predicted octanol–water partition coefficient (Wildman–Crippen LogP) is 3.86. The third kappa shape index (κ3) is 5.25. The van der Waals surface area contributed by atoms with E-state index in [9.17, 15) is 19.5 Å². The second kappa shape index (κ2) is 11.3. The van der Waals surface area contributed by atoms with Gasteiger partial charge >= 0.3 is 6.09 Å². The zero-order valence-corrected chi connectivity index (χ0v) is 26.2. The molecule has 3 aromatic rings. The number of cyclic esters (lactones) is 1. The van der Waals surface area contributed by atoms with Crippen molar-refractivity contribution in [1.82, 2.24) is 15.0 Å². The first kappa shape index (κ1) is 29.8. The van der Waals surface area contributed by atoms with Gasteiger partial charge in [-0.15, -0.1) is 5.10 Å². The number of hydrogen-bond acceptors (Lipinski definition) is 8. The minimum Gasteiger partial charge on any atom is -0.447 e. The second-order valence-corrected chi connectivity index (χ2v) is 16.5. The van der Waals surface area contributed by atoms with Crippen molar-refractivity contribution in [3.05, 3.63) is 70.5 Å². The Labute approximate surface area is 256 Å². The number of aryl methyl sites for hydroxylation is 1. The Balaban J connectivity index is 1.30. The smallest absolute Gasteiger partial charge is 0.414 e. The van der Waals surface area contributed by atoms with Crippen molar-refractivity contribution in [3.63, 3.8) is 0 Å². The Hall–Kier alpha value is -3.29. The van der Waals surface area contributed by atoms with Crippen LogP contribution in [0.4, 0.5) is 16.2 Å². The summed E-state index contributed by atoms with van der Waals surface area (Å²) >= 11 is 6.51. The van der Waals surface area contributed by atoms with E-state index < -0.39 is 20.0 Å². The molecule has 11 nitrogen and oxygen atoms in total. The molecule has 1 spiro atoms. The number of fused-ring (bicyclic) bond motifs is 2. The first-order chi connectivity index (χ1) is 20.5. The third-order valence-corrected chi connectivity index (χ3v) is 11.6. The van der Waals surface area contributed by atoms with Crippen molar-refractivity contribution < 1.29 is 29.0 Å². The summed E-state index contributed by atoms with van der Waals surface area (Å²) in [6, 6.07) is 13.0. The number of amides is 2. The van der Waals surface area contributed by atoms with Gasteiger partial charge in [0.15, 0.2) is 13.9 Å². The molecular weight excluding hydrogens is 590 g/mol. The molecule has 4 atom stereocenters. The van der Waals surface area contributed by atoms with Crippen molar-refractivity contribution in [2.45, 2.75) is 63.2 Å². The molecule has 0 bridgehead atoms. The van der Waals surface area contributed by atoms with Gasteiger partial charge in [-0.05, 0) is 55.4 Å². The predicted molar refractivity (Wildman–Crippen MR) is 162 cm³/mol. The number of aliphatic hydroxyl groups is 1. The lowest BCUT2D eigenvalue weighted by Crippen LogP contribution is -2.46. The van der Waals surface area contributed by atoms with E-state index in [0.717, 1.165) is 16.9 Å². The van der Waals surface area contributed by atoms with Crippen molar-refractivity contribution in [2.75, 3.05) is 29.6 Å². The Morgan fingerprint density at radius 2 is 1.93 bits per heavy atom. The molecule has 228 valence electrons. The Morgan fingerprint density at radius 3 is 2.60 bits per heavy atom. The summed E-state index contributed by atoms with van der Waals surface area (Å²) in [4.78, 5) is 41.4. The molecule has 2 saturated heterocycles. The monoisotopic (exact) mass is 625 g/mol. The minimum absolute atomic E-state index is 0.00531.